The number of hydrogen-bond acceptors (Lipinski definition) is 3. The van der Waals surface area contributed by atoms with Crippen LogP contribution in [0.3, 0.4) is 0 Å². The van der Waals surface area contributed by atoms with E-state index in [0.717, 1.165) is 36.2 Å². The number of nitrogens with zero attached hydrogens (tertiary/aromatic N) is 2. The van der Waals surface area contributed by atoms with Crippen LogP contribution in [0.5, 0.6) is 0 Å². The number of hydrogen-bond donors (Lipinski definition) is 1. The summed E-state index contributed by atoms with van der Waals surface area (Å²) in [6.45, 7) is 1.93. The third-order valence-electron chi connectivity index (χ3n) is 4.29. The van der Waals surface area contributed by atoms with Crippen LogP contribution < -0.4 is 0 Å². The first kappa shape index (κ1) is 12.4. The van der Waals surface area contributed by atoms with Crippen molar-refractivity contribution in [3.05, 3.63) is 23.0 Å². The van der Waals surface area contributed by atoms with Crippen molar-refractivity contribution >= 4 is 11.8 Å². The molecule has 1 aliphatic heterocycles. The molecule has 102 valence electrons. The summed E-state index contributed by atoms with van der Waals surface area (Å²) in [6, 6.07) is 1.53. The molecule has 0 radical (unpaired) electrons. The fraction of sp³-hybridized carbons (Fsp3) is 0.571. The summed E-state index contributed by atoms with van der Waals surface area (Å²) in [7, 11) is 1.53. The molecule has 2 heterocycles. The van der Waals surface area contributed by atoms with Gasteiger partial charge >= 0.3 is 0 Å². The number of aryl methyl sites for hydroxylation is 1. The second-order valence-corrected chi connectivity index (χ2v) is 5.48. The molecule has 1 aromatic rings. The van der Waals surface area contributed by atoms with Crippen molar-refractivity contribution in [1.82, 2.24) is 9.47 Å². The molecule has 0 aromatic carbocycles. The second kappa shape index (κ2) is 4.20. The number of carbonyl (C=O) groups excluding carboxylic acids is 2. The zero-order chi connectivity index (χ0) is 13.7. The highest BCUT2D eigenvalue weighted by molar-refractivity contribution is 6.04. The topological polar surface area (TPSA) is 62.5 Å². The molecule has 5 heteroatoms. The van der Waals surface area contributed by atoms with Crippen LogP contribution in [0.1, 0.15) is 48.4 Å². The van der Waals surface area contributed by atoms with Crippen LogP contribution in [0.15, 0.2) is 6.07 Å². The molecule has 2 amide bonds. The Labute approximate surface area is 111 Å². The summed E-state index contributed by atoms with van der Waals surface area (Å²) in [5.74, 6) is -0.278. The Morgan fingerprint density at radius 2 is 2.11 bits per heavy atom. The molecule has 2 atom stereocenters. The first-order valence-electron chi connectivity index (χ1n) is 6.69. The highest BCUT2D eigenvalue weighted by Crippen LogP contribution is 2.36. The lowest BCUT2D eigenvalue weighted by molar-refractivity contribution is -0.137. The van der Waals surface area contributed by atoms with Crippen molar-refractivity contribution < 1.29 is 14.7 Å². The van der Waals surface area contributed by atoms with Crippen LogP contribution in [0.25, 0.3) is 0 Å². The number of aromatic nitrogens is 1. The zero-order valence-corrected chi connectivity index (χ0v) is 11.2. The van der Waals surface area contributed by atoms with E-state index in [0.29, 0.717) is 0 Å². The van der Waals surface area contributed by atoms with Gasteiger partial charge in [0, 0.05) is 24.0 Å². The van der Waals surface area contributed by atoms with E-state index in [-0.39, 0.29) is 18.2 Å². The SMILES string of the molecule is Cc1cc2c(n1C1CC(=O)N(C)C1=O)CCCC2O. The molecule has 19 heavy (non-hydrogen) atoms. The van der Waals surface area contributed by atoms with Crippen LogP contribution in [-0.4, -0.2) is 33.4 Å². The van der Waals surface area contributed by atoms with Crippen LogP contribution in [-0.2, 0) is 16.0 Å². The van der Waals surface area contributed by atoms with E-state index >= 15 is 0 Å². The number of imide groups is 1. The molecular formula is C14H18N2O3. The Balaban J connectivity index is 2.07. The quantitative estimate of drug-likeness (QED) is 0.771. The van der Waals surface area contributed by atoms with Crippen LogP contribution >= 0.6 is 0 Å². The van der Waals surface area contributed by atoms with Crippen molar-refractivity contribution in [2.24, 2.45) is 0 Å². The first-order valence-corrected chi connectivity index (χ1v) is 6.69. The summed E-state index contributed by atoms with van der Waals surface area (Å²) < 4.78 is 1.96. The summed E-state index contributed by atoms with van der Waals surface area (Å²) >= 11 is 0. The average molecular weight is 262 g/mol. The van der Waals surface area contributed by atoms with Gasteiger partial charge in [0.05, 0.1) is 12.5 Å². The number of likely N-dealkylation sites (tertiary alicyclic amines) is 1. The van der Waals surface area contributed by atoms with Crippen LogP contribution in [0.4, 0.5) is 0 Å². The molecule has 0 saturated carbocycles. The van der Waals surface area contributed by atoms with Gasteiger partial charge in [0.1, 0.15) is 6.04 Å². The monoisotopic (exact) mass is 262 g/mol. The normalized spacial score (nSPS) is 27.0. The smallest absolute Gasteiger partial charge is 0.252 e. The van der Waals surface area contributed by atoms with E-state index in [9.17, 15) is 14.7 Å². The van der Waals surface area contributed by atoms with Crippen LogP contribution in [0, 0.1) is 6.92 Å². The van der Waals surface area contributed by atoms with Gasteiger partial charge in [-0.1, -0.05) is 0 Å². The number of aliphatic hydroxyl groups is 1. The third kappa shape index (κ3) is 1.72. The Hall–Kier alpha value is -1.62. The zero-order valence-electron chi connectivity index (χ0n) is 11.2. The molecule has 3 rings (SSSR count). The van der Waals surface area contributed by atoms with Gasteiger partial charge in [-0.2, -0.15) is 0 Å². The van der Waals surface area contributed by atoms with Gasteiger partial charge in [-0.15, -0.1) is 0 Å². The van der Waals surface area contributed by atoms with Gasteiger partial charge in [0.2, 0.25) is 5.91 Å². The molecule has 1 aliphatic carbocycles. The minimum atomic E-state index is -0.436. The van der Waals surface area contributed by atoms with Gasteiger partial charge in [-0.25, -0.2) is 0 Å². The summed E-state index contributed by atoms with van der Waals surface area (Å²) in [5, 5.41) is 10.0. The first-order chi connectivity index (χ1) is 9.00. The lowest BCUT2D eigenvalue weighted by atomic mass is 9.95. The van der Waals surface area contributed by atoms with E-state index in [1.807, 2.05) is 17.6 Å². The standard InChI is InChI=1S/C14H18N2O3/c1-8-6-9-10(4-3-5-12(9)17)16(8)11-7-13(18)15(2)14(11)19/h6,11-12,17H,3-5,7H2,1-2H3. The van der Waals surface area contributed by atoms with Crippen LogP contribution in [0.2, 0.25) is 0 Å². The van der Waals surface area contributed by atoms with Crippen molar-refractivity contribution in [2.45, 2.75) is 44.8 Å². The predicted molar refractivity (Wildman–Crippen MR) is 68.5 cm³/mol. The molecule has 1 saturated heterocycles. The number of likely N-dealkylation sites (N-methyl/N-ethyl adjacent to an activating group) is 1. The van der Waals surface area contributed by atoms with Crippen molar-refractivity contribution in [1.29, 1.82) is 0 Å². The molecule has 2 aliphatic rings. The molecular weight excluding hydrogens is 244 g/mol. The van der Waals surface area contributed by atoms with Crippen molar-refractivity contribution in [3.8, 4) is 0 Å². The maximum atomic E-state index is 12.2. The maximum Gasteiger partial charge on any atom is 0.252 e. The van der Waals surface area contributed by atoms with E-state index in [2.05, 4.69) is 0 Å². The van der Waals surface area contributed by atoms with Crippen molar-refractivity contribution in [3.63, 3.8) is 0 Å². The maximum absolute atomic E-state index is 12.2. The second-order valence-electron chi connectivity index (χ2n) is 5.48. The highest BCUT2D eigenvalue weighted by Gasteiger charge is 2.39. The molecule has 2 unspecified atom stereocenters. The van der Waals surface area contributed by atoms with E-state index in [1.165, 1.54) is 11.9 Å². The molecule has 5 nitrogen and oxygen atoms in total. The van der Waals surface area contributed by atoms with Gasteiger partial charge < -0.3 is 9.67 Å². The minimum Gasteiger partial charge on any atom is -0.388 e. The Morgan fingerprint density at radius 1 is 1.37 bits per heavy atom. The summed E-state index contributed by atoms with van der Waals surface area (Å²) in [6.07, 6.45) is 2.35. The fourth-order valence-electron chi connectivity index (χ4n) is 3.27. The number of rotatable bonds is 1. The highest BCUT2D eigenvalue weighted by atomic mass is 16.3. The molecule has 0 bridgehead atoms. The number of fused-ring (bicyclic) bond motifs is 1. The van der Waals surface area contributed by atoms with E-state index in [1.54, 1.807) is 0 Å². The average Bonchev–Trinajstić information content (AvgIpc) is 2.83. The Morgan fingerprint density at radius 3 is 2.74 bits per heavy atom. The number of aliphatic hydroxyl groups excluding tert-OH is 1. The lowest BCUT2D eigenvalue weighted by Gasteiger charge is -2.22. The van der Waals surface area contributed by atoms with Gasteiger partial charge in [-0.3, -0.25) is 14.5 Å². The van der Waals surface area contributed by atoms with Gasteiger partial charge in [0.15, 0.2) is 0 Å². The predicted octanol–water partition coefficient (Wildman–Crippen LogP) is 1.10. The minimum absolute atomic E-state index is 0.131. The Kier molecular flexibility index (Phi) is 2.74. The molecule has 1 N–H and O–H groups in total. The number of amides is 2. The summed E-state index contributed by atoms with van der Waals surface area (Å²) in [4.78, 5) is 25.0. The van der Waals surface area contributed by atoms with Crippen molar-refractivity contribution in [2.75, 3.05) is 7.05 Å². The third-order valence-corrected chi connectivity index (χ3v) is 4.29. The molecule has 1 fully saturated rings. The summed E-state index contributed by atoms with van der Waals surface area (Å²) in [5.41, 5.74) is 2.91. The molecule has 0 spiro atoms. The van der Waals surface area contributed by atoms with Gasteiger partial charge in [-0.05, 0) is 32.3 Å². The lowest BCUT2D eigenvalue weighted by Crippen LogP contribution is -2.28. The van der Waals surface area contributed by atoms with Gasteiger partial charge in [0.25, 0.3) is 5.91 Å². The largest absolute Gasteiger partial charge is 0.388 e. The number of carbonyl (C=O) groups is 2. The fourth-order valence-corrected chi connectivity index (χ4v) is 3.27. The van der Waals surface area contributed by atoms with E-state index < -0.39 is 12.1 Å². The van der Waals surface area contributed by atoms with E-state index in [4.69, 9.17) is 0 Å². The Bertz CT molecular complexity index is 561. The molecule has 1 aromatic heterocycles.